The zero-order valence-electron chi connectivity index (χ0n) is 9.76. The molecule has 0 atom stereocenters. The summed E-state index contributed by atoms with van der Waals surface area (Å²) in [6, 6.07) is 0. The lowest BCUT2D eigenvalue weighted by atomic mass is 9.94. The van der Waals surface area contributed by atoms with E-state index in [1.165, 1.54) is 11.9 Å². The molecule has 1 aromatic rings. The molecule has 0 N–H and O–H groups in total. The van der Waals surface area contributed by atoms with E-state index in [1.807, 2.05) is 20.8 Å². The highest BCUT2D eigenvalue weighted by molar-refractivity contribution is 6.36. The molecule has 0 saturated carbocycles. The van der Waals surface area contributed by atoms with Crippen LogP contribution in [0.5, 0.6) is 0 Å². The average molecular weight is 230 g/mol. The van der Waals surface area contributed by atoms with Crippen molar-refractivity contribution in [3.63, 3.8) is 0 Å². The summed E-state index contributed by atoms with van der Waals surface area (Å²) in [6.07, 6.45) is 0. The van der Waals surface area contributed by atoms with Crippen molar-refractivity contribution in [1.29, 1.82) is 0 Å². The van der Waals surface area contributed by atoms with E-state index in [9.17, 15) is 9.59 Å². The van der Waals surface area contributed by atoms with Gasteiger partial charge in [-0.1, -0.05) is 5.19 Å². The lowest BCUT2D eigenvalue weighted by molar-refractivity contribution is 0.0693. The van der Waals surface area contributed by atoms with Crippen molar-refractivity contribution >= 4 is 27.2 Å². The third-order valence-electron chi connectivity index (χ3n) is 3.35. The number of rotatable bonds is 0. The summed E-state index contributed by atoms with van der Waals surface area (Å²) in [5.41, 5.74) is 3.85. The van der Waals surface area contributed by atoms with Crippen LogP contribution in [0.15, 0.2) is 0 Å². The summed E-state index contributed by atoms with van der Waals surface area (Å²) in [4.78, 5) is 25.0. The van der Waals surface area contributed by atoms with Crippen LogP contribution in [0.25, 0.3) is 0 Å². The van der Waals surface area contributed by atoms with Gasteiger partial charge in [-0.3, -0.25) is 14.5 Å². The van der Waals surface area contributed by atoms with Crippen molar-refractivity contribution in [2.75, 3.05) is 7.05 Å². The molecular weight excluding hydrogens is 218 g/mol. The number of nitrogens with zero attached hydrogens (tertiary/aromatic N) is 1. The van der Waals surface area contributed by atoms with Gasteiger partial charge in [0.2, 0.25) is 0 Å². The van der Waals surface area contributed by atoms with Crippen molar-refractivity contribution in [2.45, 2.75) is 20.8 Å². The van der Waals surface area contributed by atoms with Gasteiger partial charge < -0.3 is 0 Å². The zero-order valence-corrected chi connectivity index (χ0v) is 10.8. The molecule has 0 bridgehead atoms. The van der Waals surface area contributed by atoms with Gasteiger partial charge in [0.1, 0.15) is 0 Å². The van der Waals surface area contributed by atoms with Crippen LogP contribution in [0.2, 0.25) is 0 Å². The van der Waals surface area contributed by atoms with Crippen molar-refractivity contribution < 1.29 is 9.59 Å². The Hall–Kier alpha value is -1.42. The van der Waals surface area contributed by atoms with Crippen LogP contribution in [0.3, 0.4) is 0 Å². The molecule has 0 fully saturated rings. The summed E-state index contributed by atoms with van der Waals surface area (Å²) < 4.78 is 0. The Morgan fingerprint density at radius 3 is 1.81 bits per heavy atom. The van der Waals surface area contributed by atoms with E-state index in [0.717, 1.165) is 21.9 Å². The number of amides is 2. The maximum absolute atomic E-state index is 11.9. The van der Waals surface area contributed by atoms with E-state index < -0.39 is 0 Å². The molecule has 1 aliphatic rings. The molecular formula is C12H12NO2Si. The summed E-state index contributed by atoms with van der Waals surface area (Å²) in [5.74, 6) is -0.407. The van der Waals surface area contributed by atoms with Gasteiger partial charge in [-0.05, 0) is 37.5 Å². The number of carbonyl (C=O) groups is 2. The summed E-state index contributed by atoms with van der Waals surface area (Å²) in [7, 11) is 5.04. The number of hydrogen-bond donors (Lipinski definition) is 0. The summed E-state index contributed by atoms with van der Waals surface area (Å²) in [6.45, 7) is 5.68. The number of imide groups is 1. The first-order valence-corrected chi connectivity index (χ1v) is 5.55. The topological polar surface area (TPSA) is 37.4 Å². The van der Waals surface area contributed by atoms with E-state index in [-0.39, 0.29) is 11.8 Å². The Balaban J connectivity index is 2.91. The molecule has 1 aliphatic heterocycles. The predicted octanol–water partition coefficient (Wildman–Crippen LogP) is 0.631. The monoisotopic (exact) mass is 230 g/mol. The first kappa shape index (κ1) is 11.1. The largest absolute Gasteiger partial charge is 0.277 e. The number of fused-ring (bicyclic) bond motifs is 1. The first-order chi connectivity index (χ1) is 7.37. The quantitative estimate of drug-likeness (QED) is 0.484. The molecule has 3 radical (unpaired) electrons. The fourth-order valence-electron chi connectivity index (χ4n) is 2.12. The van der Waals surface area contributed by atoms with Gasteiger partial charge in [0.15, 0.2) is 0 Å². The standard InChI is InChI=1S/C12H12NO2Si/c1-5-6(2)10(16)7(3)9-8(5)11(14)13(4)12(9)15/h1-4H3. The molecule has 1 heterocycles. The van der Waals surface area contributed by atoms with Crippen LogP contribution in [-0.4, -0.2) is 34.0 Å². The lowest BCUT2D eigenvalue weighted by Gasteiger charge is -2.12. The van der Waals surface area contributed by atoms with Gasteiger partial charge >= 0.3 is 0 Å². The fourth-order valence-corrected chi connectivity index (χ4v) is 2.43. The second-order valence-electron chi connectivity index (χ2n) is 4.17. The molecule has 0 saturated heterocycles. The number of benzene rings is 1. The smallest absolute Gasteiger partial charge is 0.261 e. The highest BCUT2D eigenvalue weighted by Crippen LogP contribution is 2.28. The Kier molecular flexibility index (Phi) is 2.27. The van der Waals surface area contributed by atoms with E-state index in [4.69, 9.17) is 0 Å². The fraction of sp³-hybridized carbons (Fsp3) is 0.333. The van der Waals surface area contributed by atoms with Gasteiger partial charge in [-0.15, -0.1) is 0 Å². The second-order valence-corrected chi connectivity index (χ2v) is 4.67. The molecule has 0 aliphatic carbocycles. The maximum atomic E-state index is 11.9. The SMILES string of the molecule is Cc1c(C)c2c(c(C)c1[Si])C(=O)N(C)C2=O. The van der Waals surface area contributed by atoms with Crippen molar-refractivity contribution in [3.8, 4) is 0 Å². The molecule has 1 aromatic carbocycles. The minimum absolute atomic E-state index is 0.199. The molecule has 2 amide bonds. The van der Waals surface area contributed by atoms with Crippen LogP contribution < -0.4 is 5.19 Å². The van der Waals surface area contributed by atoms with Gasteiger partial charge in [-0.25, -0.2) is 0 Å². The number of carbonyl (C=O) groups excluding carboxylic acids is 2. The average Bonchev–Trinajstić information content (AvgIpc) is 2.48. The Morgan fingerprint density at radius 2 is 1.31 bits per heavy atom. The van der Waals surface area contributed by atoms with Crippen LogP contribution in [0.1, 0.15) is 37.4 Å². The Bertz CT molecular complexity index is 488. The molecule has 16 heavy (non-hydrogen) atoms. The normalized spacial score (nSPS) is 14.7. The van der Waals surface area contributed by atoms with Crippen molar-refractivity contribution in [2.24, 2.45) is 0 Å². The second kappa shape index (κ2) is 3.28. The summed E-state index contributed by atoms with van der Waals surface area (Å²) in [5, 5.41) is 0.910. The van der Waals surface area contributed by atoms with Gasteiger partial charge in [-0.2, -0.15) is 0 Å². The molecule has 3 nitrogen and oxygen atoms in total. The van der Waals surface area contributed by atoms with Crippen molar-refractivity contribution in [3.05, 3.63) is 27.8 Å². The molecule has 4 heteroatoms. The van der Waals surface area contributed by atoms with E-state index in [2.05, 4.69) is 10.2 Å². The highest BCUT2D eigenvalue weighted by Gasteiger charge is 2.36. The molecule has 0 aromatic heterocycles. The highest BCUT2D eigenvalue weighted by atomic mass is 28.1. The Morgan fingerprint density at radius 1 is 0.875 bits per heavy atom. The zero-order chi connectivity index (χ0) is 12.2. The van der Waals surface area contributed by atoms with Crippen LogP contribution in [0, 0.1) is 20.8 Å². The maximum Gasteiger partial charge on any atom is 0.261 e. The van der Waals surface area contributed by atoms with Crippen molar-refractivity contribution in [1.82, 2.24) is 4.90 Å². The van der Waals surface area contributed by atoms with Crippen LogP contribution in [0.4, 0.5) is 0 Å². The minimum Gasteiger partial charge on any atom is -0.277 e. The lowest BCUT2D eigenvalue weighted by Crippen LogP contribution is -2.24. The Labute approximate surface area is 97.9 Å². The minimum atomic E-state index is -0.208. The first-order valence-electron chi connectivity index (χ1n) is 5.05. The molecule has 0 spiro atoms. The van der Waals surface area contributed by atoms with Gasteiger partial charge in [0, 0.05) is 7.05 Å². The van der Waals surface area contributed by atoms with E-state index >= 15 is 0 Å². The summed E-state index contributed by atoms with van der Waals surface area (Å²) >= 11 is 0. The number of hydrogen-bond acceptors (Lipinski definition) is 2. The van der Waals surface area contributed by atoms with Crippen LogP contribution in [-0.2, 0) is 0 Å². The third kappa shape index (κ3) is 1.13. The van der Waals surface area contributed by atoms with Gasteiger partial charge in [0.05, 0.1) is 21.4 Å². The molecule has 81 valence electrons. The van der Waals surface area contributed by atoms with Gasteiger partial charge in [0.25, 0.3) is 11.8 Å². The molecule has 0 unspecified atom stereocenters. The third-order valence-corrected chi connectivity index (χ3v) is 4.10. The van der Waals surface area contributed by atoms with E-state index in [1.54, 1.807) is 0 Å². The van der Waals surface area contributed by atoms with E-state index in [0.29, 0.717) is 11.1 Å². The molecule has 2 rings (SSSR count). The van der Waals surface area contributed by atoms with Crippen LogP contribution >= 0.6 is 0 Å². The predicted molar refractivity (Wildman–Crippen MR) is 62.5 cm³/mol.